The van der Waals surface area contributed by atoms with Crippen molar-refractivity contribution in [3.63, 3.8) is 0 Å². The average molecular weight is 263 g/mol. The summed E-state index contributed by atoms with van der Waals surface area (Å²) in [6.07, 6.45) is 4.05. The number of hydrogen-bond donors (Lipinski definition) is 1. The van der Waals surface area contributed by atoms with E-state index in [1.165, 1.54) is 0 Å². The maximum Gasteiger partial charge on any atom is 0.318 e. The van der Waals surface area contributed by atoms with Gasteiger partial charge in [0.1, 0.15) is 6.54 Å². The van der Waals surface area contributed by atoms with Crippen LogP contribution in [0.5, 0.6) is 0 Å². The summed E-state index contributed by atoms with van der Waals surface area (Å²) in [6, 6.07) is -0.308. The molecule has 0 aliphatic heterocycles. The van der Waals surface area contributed by atoms with Gasteiger partial charge in [-0.1, -0.05) is 12.8 Å². The smallest absolute Gasteiger partial charge is 0.318 e. The number of carboxylic acid groups (broad SMARTS) is 1. The number of carbonyl (C=O) groups is 1. The Morgan fingerprint density at radius 2 is 1.88 bits per heavy atom. The Hall–Kier alpha value is -0.620. The van der Waals surface area contributed by atoms with Crippen molar-refractivity contribution in [1.82, 2.24) is 4.31 Å². The van der Waals surface area contributed by atoms with Crippen LogP contribution in [0, 0.1) is 5.92 Å². The van der Waals surface area contributed by atoms with Crippen LogP contribution >= 0.6 is 0 Å². The second-order valence-electron chi connectivity index (χ2n) is 4.96. The van der Waals surface area contributed by atoms with Crippen LogP contribution in [-0.4, -0.2) is 42.1 Å². The lowest BCUT2D eigenvalue weighted by Gasteiger charge is -2.25. The SMILES string of the molecule is CC(C)N(CC(=O)O)S(=O)(=O)CC1CCCC1. The zero-order valence-electron chi connectivity index (χ0n) is 10.4. The van der Waals surface area contributed by atoms with Gasteiger partial charge in [0, 0.05) is 6.04 Å². The maximum absolute atomic E-state index is 12.1. The molecule has 0 unspecified atom stereocenters. The predicted octanol–water partition coefficient (Wildman–Crippen LogP) is 1.30. The lowest BCUT2D eigenvalue weighted by atomic mass is 10.1. The standard InChI is InChI=1S/C11H21NO4S/c1-9(2)12(7-11(13)14)17(15,16)8-10-5-3-4-6-10/h9-10H,3-8H2,1-2H3,(H,13,14). The van der Waals surface area contributed by atoms with E-state index in [0.29, 0.717) is 0 Å². The Balaban J connectivity index is 2.72. The van der Waals surface area contributed by atoms with Gasteiger partial charge < -0.3 is 5.11 Å². The van der Waals surface area contributed by atoms with Crippen molar-refractivity contribution in [3.8, 4) is 0 Å². The molecule has 0 radical (unpaired) electrons. The van der Waals surface area contributed by atoms with E-state index in [1.54, 1.807) is 13.8 Å². The summed E-state index contributed by atoms with van der Waals surface area (Å²) in [5.41, 5.74) is 0. The van der Waals surface area contributed by atoms with Crippen LogP contribution in [0.15, 0.2) is 0 Å². The Morgan fingerprint density at radius 1 is 1.35 bits per heavy atom. The minimum Gasteiger partial charge on any atom is -0.480 e. The third-order valence-electron chi connectivity index (χ3n) is 3.15. The van der Waals surface area contributed by atoms with E-state index < -0.39 is 22.5 Å². The molecule has 1 saturated carbocycles. The summed E-state index contributed by atoms with van der Waals surface area (Å²) in [4.78, 5) is 10.7. The van der Waals surface area contributed by atoms with Crippen molar-refractivity contribution in [2.75, 3.05) is 12.3 Å². The topological polar surface area (TPSA) is 74.7 Å². The molecule has 0 atom stereocenters. The zero-order valence-corrected chi connectivity index (χ0v) is 11.2. The predicted molar refractivity (Wildman–Crippen MR) is 65.2 cm³/mol. The zero-order chi connectivity index (χ0) is 13.1. The molecule has 0 heterocycles. The Labute approximate surface area is 103 Å². The number of nitrogens with zero attached hydrogens (tertiary/aromatic N) is 1. The molecule has 1 N–H and O–H groups in total. The monoisotopic (exact) mass is 263 g/mol. The lowest BCUT2D eigenvalue weighted by Crippen LogP contribution is -2.42. The molecule has 0 aromatic carbocycles. The maximum atomic E-state index is 12.1. The molecule has 0 spiro atoms. The van der Waals surface area contributed by atoms with E-state index in [0.717, 1.165) is 30.0 Å². The van der Waals surface area contributed by atoms with Gasteiger partial charge in [-0.25, -0.2) is 8.42 Å². The van der Waals surface area contributed by atoms with Crippen molar-refractivity contribution in [1.29, 1.82) is 0 Å². The molecule has 0 aromatic heterocycles. The fraction of sp³-hybridized carbons (Fsp3) is 0.909. The van der Waals surface area contributed by atoms with Crippen molar-refractivity contribution in [3.05, 3.63) is 0 Å². The van der Waals surface area contributed by atoms with Gasteiger partial charge in [0.15, 0.2) is 0 Å². The number of carboxylic acids is 1. The molecule has 1 aliphatic carbocycles. The third-order valence-corrected chi connectivity index (χ3v) is 5.30. The summed E-state index contributed by atoms with van der Waals surface area (Å²) in [7, 11) is -3.45. The highest BCUT2D eigenvalue weighted by Crippen LogP contribution is 2.27. The minimum atomic E-state index is -3.45. The molecule has 0 amide bonds. The number of aliphatic carboxylic acids is 1. The summed E-state index contributed by atoms with van der Waals surface area (Å²) < 4.78 is 25.3. The third kappa shape index (κ3) is 4.27. The van der Waals surface area contributed by atoms with Gasteiger partial charge in [-0.3, -0.25) is 4.79 Å². The van der Waals surface area contributed by atoms with Gasteiger partial charge >= 0.3 is 5.97 Å². The normalized spacial score (nSPS) is 18.1. The van der Waals surface area contributed by atoms with Gasteiger partial charge in [-0.2, -0.15) is 4.31 Å². The molecular weight excluding hydrogens is 242 g/mol. The van der Waals surface area contributed by atoms with Gasteiger partial charge in [-0.05, 0) is 32.6 Å². The summed E-state index contributed by atoms with van der Waals surface area (Å²) in [5, 5.41) is 8.75. The number of rotatable bonds is 6. The van der Waals surface area contributed by atoms with Crippen LogP contribution in [0.25, 0.3) is 0 Å². The van der Waals surface area contributed by atoms with Crippen LogP contribution in [0.3, 0.4) is 0 Å². The second-order valence-corrected chi connectivity index (χ2v) is 6.93. The molecule has 1 rings (SSSR count). The average Bonchev–Trinajstić information content (AvgIpc) is 2.65. The fourth-order valence-electron chi connectivity index (χ4n) is 2.31. The highest BCUT2D eigenvalue weighted by molar-refractivity contribution is 7.89. The summed E-state index contributed by atoms with van der Waals surface area (Å²) >= 11 is 0. The minimum absolute atomic E-state index is 0.0957. The van der Waals surface area contributed by atoms with Crippen LogP contribution in [0.1, 0.15) is 39.5 Å². The van der Waals surface area contributed by atoms with E-state index >= 15 is 0 Å². The van der Waals surface area contributed by atoms with Crippen LogP contribution in [0.2, 0.25) is 0 Å². The Morgan fingerprint density at radius 3 is 2.29 bits per heavy atom. The van der Waals surface area contributed by atoms with Gasteiger partial charge in [0.25, 0.3) is 0 Å². The largest absolute Gasteiger partial charge is 0.480 e. The first-order valence-corrected chi connectivity index (χ1v) is 7.65. The van der Waals surface area contributed by atoms with Crippen molar-refractivity contribution < 1.29 is 18.3 Å². The molecule has 0 bridgehead atoms. The molecule has 17 heavy (non-hydrogen) atoms. The van der Waals surface area contributed by atoms with E-state index in [9.17, 15) is 13.2 Å². The van der Waals surface area contributed by atoms with E-state index in [1.807, 2.05) is 0 Å². The quantitative estimate of drug-likeness (QED) is 0.784. The summed E-state index contributed by atoms with van der Waals surface area (Å²) in [6.45, 7) is 2.97. The second kappa shape index (κ2) is 5.82. The van der Waals surface area contributed by atoms with E-state index in [4.69, 9.17) is 5.11 Å². The molecule has 1 fully saturated rings. The molecule has 1 aliphatic rings. The van der Waals surface area contributed by atoms with Gasteiger partial charge in [-0.15, -0.1) is 0 Å². The molecule has 0 saturated heterocycles. The van der Waals surface area contributed by atoms with Crippen LogP contribution in [0.4, 0.5) is 0 Å². The van der Waals surface area contributed by atoms with Crippen LogP contribution in [-0.2, 0) is 14.8 Å². The first-order valence-electron chi connectivity index (χ1n) is 6.04. The van der Waals surface area contributed by atoms with Gasteiger partial charge in [0.05, 0.1) is 5.75 Å². The highest BCUT2D eigenvalue weighted by atomic mass is 32.2. The molecule has 100 valence electrons. The fourth-order valence-corrected chi connectivity index (χ4v) is 4.38. The lowest BCUT2D eigenvalue weighted by molar-refractivity contribution is -0.137. The molecule has 6 heteroatoms. The van der Waals surface area contributed by atoms with Gasteiger partial charge in [0.2, 0.25) is 10.0 Å². The van der Waals surface area contributed by atoms with Crippen molar-refractivity contribution in [2.24, 2.45) is 5.92 Å². The molecular formula is C11H21NO4S. The Kier molecular flexibility index (Phi) is 4.94. The first-order chi connectivity index (χ1) is 7.83. The van der Waals surface area contributed by atoms with Crippen LogP contribution < -0.4 is 0 Å². The summed E-state index contributed by atoms with van der Waals surface area (Å²) in [5.74, 6) is -0.804. The van der Waals surface area contributed by atoms with E-state index in [2.05, 4.69) is 0 Å². The molecule has 0 aromatic rings. The molecule has 5 nitrogen and oxygen atoms in total. The Bertz CT molecular complexity index is 358. The van der Waals surface area contributed by atoms with E-state index in [-0.39, 0.29) is 17.7 Å². The number of sulfonamides is 1. The number of hydrogen-bond acceptors (Lipinski definition) is 3. The van der Waals surface area contributed by atoms with Crippen molar-refractivity contribution >= 4 is 16.0 Å². The van der Waals surface area contributed by atoms with Crippen molar-refractivity contribution in [2.45, 2.75) is 45.6 Å². The first kappa shape index (κ1) is 14.4. The highest BCUT2D eigenvalue weighted by Gasteiger charge is 2.30.